The Morgan fingerprint density at radius 1 is 1.29 bits per heavy atom. The van der Waals surface area contributed by atoms with Crippen molar-refractivity contribution < 1.29 is 27.5 Å². The third kappa shape index (κ3) is 7.76. The van der Waals surface area contributed by atoms with Crippen molar-refractivity contribution in [1.82, 2.24) is 9.80 Å². The Labute approximate surface area is 203 Å². The first-order valence-corrected chi connectivity index (χ1v) is 11.4. The van der Waals surface area contributed by atoms with Crippen molar-refractivity contribution in [1.29, 1.82) is 0 Å². The summed E-state index contributed by atoms with van der Waals surface area (Å²) in [5.41, 5.74) is 0.517. The third-order valence-corrected chi connectivity index (χ3v) is 6.21. The van der Waals surface area contributed by atoms with Gasteiger partial charge in [0.2, 0.25) is 11.8 Å². The van der Waals surface area contributed by atoms with Gasteiger partial charge in [-0.1, -0.05) is 25.3 Å². The zero-order valence-electron chi connectivity index (χ0n) is 19.9. The van der Waals surface area contributed by atoms with E-state index in [2.05, 4.69) is 28.4 Å². The number of carbonyl (C=O) groups is 2. The minimum atomic E-state index is -4.55. The number of amides is 2. The van der Waals surface area contributed by atoms with Crippen molar-refractivity contribution in [2.75, 3.05) is 44.6 Å². The summed E-state index contributed by atoms with van der Waals surface area (Å²) in [5.74, 6) is -0.339. The molecule has 2 aliphatic rings. The predicted molar refractivity (Wildman–Crippen MR) is 128 cm³/mol. The summed E-state index contributed by atoms with van der Waals surface area (Å²) in [7, 11) is 0. The van der Waals surface area contributed by atoms with Crippen LogP contribution in [-0.4, -0.2) is 78.9 Å². The van der Waals surface area contributed by atoms with E-state index in [9.17, 15) is 22.8 Å². The Bertz CT molecular complexity index is 998. The number of piperidine rings is 1. The summed E-state index contributed by atoms with van der Waals surface area (Å²) >= 11 is 0. The van der Waals surface area contributed by atoms with Crippen LogP contribution in [0, 0.1) is 0 Å². The highest BCUT2D eigenvalue weighted by Gasteiger charge is 2.42. The van der Waals surface area contributed by atoms with Crippen LogP contribution < -0.4 is 5.32 Å². The molecule has 7 nitrogen and oxygen atoms in total. The van der Waals surface area contributed by atoms with Gasteiger partial charge in [-0.2, -0.15) is 13.2 Å². The number of allylic oxidation sites excluding steroid dienone is 1. The van der Waals surface area contributed by atoms with Crippen LogP contribution in [0.3, 0.4) is 0 Å². The molecule has 0 radical (unpaired) electrons. The van der Waals surface area contributed by atoms with Gasteiger partial charge in [0.15, 0.2) is 0 Å². The molecule has 2 fully saturated rings. The average Bonchev–Trinajstić information content (AvgIpc) is 2.79. The van der Waals surface area contributed by atoms with Crippen molar-refractivity contribution in [3.63, 3.8) is 0 Å². The van der Waals surface area contributed by atoms with Gasteiger partial charge in [-0.05, 0) is 37.0 Å². The molecule has 1 spiro atoms. The maximum atomic E-state index is 12.6. The second-order valence-corrected chi connectivity index (χ2v) is 9.04. The molecule has 0 aromatic heterocycles. The lowest BCUT2D eigenvalue weighted by atomic mass is 9.89. The Morgan fingerprint density at radius 3 is 2.66 bits per heavy atom. The summed E-state index contributed by atoms with van der Waals surface area (Å²) in [4.78, 5) is 31.2. The van der Waals surface area contributed by atoms with E-state index < -0.39 is 17.4 Å². The summed E-state index contributed by atoms with van der Waals surface area (Å²) in [6.45, 7) is 10.9. The minimum absolute atomic E-state index is 0.0416. The number of alkyl halides is 3. The average molecular weight is 493 g/mol. The standard InChI is InChI=1S/C25H31F3N4O3/c1-18(25(26,27)28)14-29-19(2)15-32-17-24(35-16-23(32)34)8-11-31(12-9-24)10-7-21-5-4-6-22(13-21)30-20(3)33/h4-6,13-14H,1-2,7-12,15-17H2,3H3,(H,30,33)/b29-14-. The molecule has 1 N–H and O–H groups in total. The molecule has 0 unspecified atom stereocenters. The van der Waals surface area contributed by atoms with Crippen LogP contribution in [0.25, 0.3) is 0 Å². The normalized spacial score (nSPS) is 18.7. The van der Waals surface area contributed by atoms with Gasteiger partial charge in [0.05, 0.1) is 30.0 Å². The number of halogens is 3. The lowest BCUT2D eigenvalue weighted by Crippen LogP contribution is -2.59. The molecular formula is C25H31F3N4O3. The van der Waals surface area contributed by atoms with E-state index in [-0.39, 0.29) is 30.7 Å². The molecule has 190 valence electrons. The number of anilines is 1. The Hall–Kier alpha value is -2.98. The van der Waals surface area contributed by atoms with E-state index in [0.29, 0.717) is 12.8 Å². The maximum Gasteiger partial charge on any atom is 0.417 e. The van der Waals surface area contributed by atoms with E-state index in [1.165, 1.54) is 6.92 Å². The zero-order chi connectivity index (χ0) is 25.6. The molecule has 2 aliphatic heterocycles. The Morgan fingerprint density at radius 2 is 2.00 bits per heavy atom. The molecule has 1 aromatic rings. The highest BCUT2D eigenvalue weighted by Crippen LogP contribution is 2.31. The van der Waals surface area contributed by atoms with Gasteiger partial charge in [0.25, 0.3) is 0 Å². The molecule has 10 heteroatoms. The predicted octanol–water partition coefficient (Wildman–Crippen LogP) is 3.58. The van der Waals surface area contributed by atoms with Gasteiger partial charge in [-0.3, -0.25) is 14.6 Å². The van der Waals surface area contributed by atoms with Crippen LogP contribution in [0.1, 0.15) is 25.3 Å². The highest BCUT2D eigenvalue weighted by atomic mass is 19.4. The molecule has 0 atom stereocenters. The molecule has 2 heterocycles. The summed E-state index contributed by atoms with van der Waals surface area (Å²) in [6, 6.07) is 7.78. The van der Waals surface area contributed by atoms with Crippen molar-refractivity contribution in [3.8, 4) is 0 Å². The fourth-order valence-electron chi connectivity index (χ4n) is 4.22. The van der Waals surface area contributed by atoms with Crippen LogP contribution in [0.2, 0.25) is 0 Å². The number of likely N-dealkylation sites (tertiary alicyclic amines) is 1. The number of morpholine rings is 1. The molecule has 35 heavy (non-hydrogen) atoms. The Balaban J connectivity index is 1.49. The van der Waals surface area contributed by atoms with E-state index in [0.717, 1.165) is 50.1 Å². The highest BCUT2D eigenvalue weighted by molar-refractivity contribution is 5.88. The number of rotatable bonds is 8. The van der Waals surface area contributed by atoms with Gasteiger partial charge < -0.3 is 19.9 Å². The number of ether oxygens (including phenoxy) is 1. The first-order chi connectivity index (χ1) is 16.5. The largest absolute Gasteiger partial charge is 0.417 e. The van der Waals surface area contributed by atoms with Crippen LogP contribution in [0.4, 0.5) is 18.9 Å². The number of hydrogen-bond acceptors (Lipinski definition) is 5. The van der Waals surface area contributed by atoms with Gasteiger partial charge in [0, 0.05) is 38.5 Å². The van der Waals surface area contributed by atoms with Gasteiger partial charge in [-0.15, -0.1) is 0 Å². The first kappa shape index (κ1) is 26.6. The molecule has 3 rings (SSSR count). The van der Waals surface area contributed by atoms with E-state index in [1.54, 1.807) is 4.90 Å². The summed E-state index contributed by atoms with van der Waals surface area (Å²) in [6.07, 6.45) is -1.60. The number of nitrogens with one attached hydrogen (secondary N) is 1. The van der Waals surface area contributed by atoms with E-state index in [4.69, 9.17) is 4.74 Å². The fourth-order valence-corrected chi connectivity index (χ4v) is 4.22. The number of benzene rings is 1. The smallest absolute Gasteiger partial charge is 0.363 e. The van der Waals surface area contributed by atoms with Gasteiger partial charge >= 0.3 is 6.18 Å². The number of nitrogens with zero attached hydrogens (tertiary/aromatic N) is 3. The second-order valence-electron chi connectivity index (χ2n) is 9.04. The SMILES string of the molecule is C=C(CN1CC2(CCN(CCc3cccc(NC(C)=O)c3)CC2)OCC1=O)/N=C\C(=C)C(F)(F)F. The Kier molecular flexibility index (Phi) is 8.50. The second kappa shape index (κ2) is 11.2. The molecule has 0 bridgehead atoms. The summed E-state index contributed by atoms with van der Waals surface area (Å²) < 4.78 is 43.7. The van der Waals surface area contributed by atoms with Crippen molar-refractivity contribution in [3.05, 3.63) is 54.3 Å². The summed E-state index contributed by atoms with van der Waals surface area (Å²) in [5, 5.41) is 2.79. The number of aliphatic imine (C=N–C) groups is 1. The fraction of sp³-hybridized carbons (Fsp3) is 0.480. The molecule has 2 saturated heterocycles. The zero-order valence-corrected chi connectivity index (χ0v) is 19.9. The molecule has 1 aromatic carbocycles. The topological polar surface area (TPSA) is 74.2 Å². The number of carbonyl (C=O) groups excluding carboxylic acids is 2. The molecule has 0 aliphatic carbocycles. The lowest BCUT2D eigenvalue weighted by molar-refractivity contribution is -0.170. The van der Waals surface area contributed by atoms with Gasteiger partial charge in [0.1, 0.15) is 6.61 Å². The minimum Gasteiger partial charge on any atom is -0.363 e. The van der Waals surface area contributed by atoms with E-state index in [1.807, 2.05) is 24.3 Å². The first-order valence-electron chi connectivity index (χ1n) is 11.4. The van der Waals surface area contributed by atoms with Crippen molar-refractivity contribution in [2.45, 2.75) is 38.0 Å². The van der Waals surface area contributed by atoms with E-state index >= 15 is 0 Å². The maximum absolute atomic E-state index is 12.6. The molecule has 2 amide bonds. The quantitative estimate of drug-likeness (QED) is 0.563. The van der Waals surface area contributed by atoms with Crippen LogP contribution >= 0.6 is 0 Å². The molecular weight excluding hydrogens is 461 g/mol. The third-order valence-electron chi connectivity index (χ3n) is 6.21. The lowest BCUT2D eigenvalue weighted by Gasteiger charge is -2.47. The van der Waals surface area contributed by atoms with Crippen LogP contribution in [0.5, 0.6) is 0 Å². The van der Waals surface area contributed by atoms with Crippen LogP contribution in [0.15, 0.2) is 53.7 Å². The van der Waals surface area contributed by atoms with Crippen LogP contribution in [-0.2, 0) is 20.7 Å². The van der Waals surface area contributed by atoms with Crippen molar-refractivity contribution in [2.24, 2.45) is 4.99 Å². The van der Waals surface area contributed by atoms with Gasteiger partial charge in [-0.25, -0.2) is 0 Å². The number of hydrogen-bond donors (Lipinski definition) is 1. The monoisotopic (exact) mass is 492 g/mol. The molecule has 0 saturated carbocycles. The van der Waals surface area contributed by atoms with Crippen molar-refractivity contribution >= 4 is 23.7 Å².